The van der Waals surface area contributed by atoms with E-state index in [0.717, 1.165) is 18.4 Å². The molecule has 1 aliphatic rings. The largest absolute Gasteiger partial charge is 0.388 e. The Morgan fingerprint density at radius 2 is 1.74 bits per heavy atom. The Kier molecular flexibility index (Phi) is 3.11. The van der Waals surface area contributed by atoms with Crippen molar-refractivity contribution in [3.05, 3.63) is 70.5 Å². The van der Waals surface area contributed by atoms with Gasteiger partial charge in [0, 0.05) is 5.56 Å². The molecule has 0 fully saturated rings. The molecule has 2 heteroatoms. The second kappa shape index (κ2) is 4.78. The lowest BCUT2D eigenvalue weighted by Crippen LogP contribution is -2.14. The van der Waals surface area contributed by atoms with Crippen molar-refractivity contribution in [2.45, 2.75) is 25.9 Å². The third kappa shape index (κ3) is 2.28. The first-order valence-corrected chi connectivity index (χ1v) is 6.66. The molecule has 98 valence electrons. The van der Waals surface area contributed by atoms with Gasteiger partial charge in [-0.1, -0.05) is 42.0 Å². The first kappa shape index (κ1) is 12.4. The summed E-state index contributed by atoms with van der Waals surface area (Å²) in [5, 5.41) is 10.5. The maximum atomic E-state index is 13.8. The monoisotopic (exact) mass is 256 g/mol. The van der Waals surface area contributed by atoms with E-state index in [2.05, 4.69) is 12.1 Å². The molecule has 19 heavy (non-hydrogen) atoms. The number of aliphatic hydroxyl groups is 1. The van der Waals surface area contributed by atoms with Crippen molar-refractivity contribution in [2.75, 3.05) is 0 Å². The Labute approximate surface area is 112 Å². The summed E-state index contributed by atoms with van der Waals surface area (Å²) in [6, 6.07) is 13.1. The van der Waals surface area contributed by atoms with Crippen LogP contribution in [0.5, 0.6) is 0 Å². The van der Waals surface area contributed by atoms with E-state index in [1.165, 1.54) is 17.2 Å². The standard InChI is InChI=1S/C17H17FO/c1-11-6-7-16(18)15(8-11)17(19)14-9-12-4-2-3-5-13(12)10-14/h2-8,14,17,19H,9-10H2,1H3. The van der Waals surface area contributed by atoms with Crippen LogP contribution in [-0.2, 0) is 12.8 Å². The maximum Gasteiger partial charge on any atom is 0.129 e. The maximum absolute atomic E-state index is 13.8. The summed E-state index contributed by atoms with van der Waals surface area (Å²) in [5.74, 6) is -0.234. The molecular formula is C17H17FO. The van der Waals surface area contributed by atoms with Crippen LogP contribution in [0.25, 0.3) is 0 Å². The summed E-state index contributed by atoms with van der Waals surface area (Å²) in [5.41, 5.74) is 3.96. The van der Waals surface area contributed by atoms with Crippen molar-refractivity contribution in [2.24, 2.45) is 5.92 Å². The van der Waals surface area contributed by atoms with E-state index in [4.69, 9.17) is 0 Å². The zero-order valence-corrected chi connectivity index (χ0v) is 10.9. The van der Waals surface area contributed by atoms with E-state index in [1.807, 2.05) is 19.1 Å². The molecule has 0 aliphatic heterocycles. The number of aliphatic hydroxyl groups excluding tert-OH is 1. The van der Waals surface area contributed by atoms with Gasteiger partial charge in [0.2, 0.25) is 0 Å². The van der Waals surface area contributed by atoms with Gasteiger partial charge in [0.1, 0.15) is 5.82 Å². The van der Waals surface area contributed by atoms with Gasteiger partial charge in [0.25, 0.3) is 0 Å². The molecule has 0 bridgehead atoms. The Morgan fingerprint density at radius 1 is 1.11 bits per heavy atom. The van der Waals surface area contributed by atoms with Gasteiger partial charge in [0.05, 0.1) is 6.10 Å². The molecule has 1 unspecified atom stereocenters. The molecule has 2 aromatic carbocycles. The Bertz CT molecular complexity index is 581. The van der Waals surface area contributed by atoms with Crippen LogP contribution in [0.1, 0.15) is 28.4 Å². The number of benzene rings is 2. The van der Waals surface area contributed by atoms with E-state index in [-0.39, 0.29) is 11.7 Å². The number of fused-ring (bicyclic) bond motifs is 1. The normalized spacial score (nSPS) is 16.4. The van der Waals surface area contributed by atoms with Crippen molar-refractivity contribution in [1.82, 2.24) is 0 Å². The summed E-state index contributed by atoms with van der Waals surface area (Å²) in [6.07, 6.45) is 0.919. The minimum Gasteiger partial charge on any atom is -0.388 e. The number of aryl methyl sites for hydroxylation is 1. The molecule has 0 saturated carbocycles. The molecule has 0 heterocycles. The van der Waals surface area contributed by atoms with Gasteiger partial charge in [-0.2, -0.15) is 0 Å². The molecular weight excluding hydrogens is 239 g/mol. The third-order valence-electron chi connectivity index (χ3n) is 4.00. The number of halogens is 1. The van der Waals surface area contributed by atoms with Crippen molar-refractivity contribution < 1.29 is 9.50 Å². The Hall–Kier alpha value is -1.67. The number of hydrogen-bond donors (Lipinski definition) is 1. The highest BCUT2D eigenvalue weighted by Gasteiger charge is 2.29. The van der Waals surface area contributed by atoms with E-state index >= 15 is 0 Å². The molecule has 0 radical (unpaired) electrons. The fourth-order valence-corrected chi connectivity index (χ4v) is 2.96. The summed E-state index contributed by atoms with van der Waals surface area (Å²) in [6.45, 7) is 1.92. The molecule has 1 aliphatic carbocycles. The predicted molar refractivity (Wildman–Crippen MR) is 73.4 cm³/mol. The van der Waals surface area contributed by atoms with Crippen molar-refractivity contribution in [1.29, 1.82) is 0 Å². The zero-order valence-electron chi connectivity index (χ0n) is 10.9. The molecule has 0 saturated heterocycles. The van der Waals surface area contributed by atoms with Gasteiger partial charge in [0.15, 0.2) is 0 Å². The van der Waals surface area contributed by atoms with Gasteiger partial charge in [-0.05, 0) is 42.9 Å². The van der Waals surface area contributed by atoms with Crippen LogP contribution in [0.15, 0.2) is 42.5 Å². The number of hydrogen-bond acceptors (Lipinski definition) is 1. The molecule has 0 spiro atoms. The molecule has 3 rings (SSSR count). The van der Waals surface area contributed by atoms with Crippen molar-refractivity contribution in [3.8, 4) is 0 Å². The highest BCUT2D eigenvalue weighted by molar-refractivity contribution is 5.34. The molecule has 1 N–H and O–H groups in total. The highest BCUT2D eigenvalue weighted by Crippen LogP contribution is 2.36. The fourth-order valence-electron chi connectivity index (χ4n) is 2.96. The first-order chi connectivity index (χ1) is 9.15. The van der Waals surface area contributed by atoms with Crippen molar-refractivity contribution >= 4 is 0 Å². The second-order valence-corrected chi connectivity index (χ2v) is 5.41. The summed E-state index contributed by atoms with van der Waals surface area (Å²) in [4.78, 5) is 0. The van der Waals surface area contributed by atoms with Crippen LogP contribution in [0, 0.1) is 18.7 Å². The Balaban J connectivity index is 1.87. The van der Waals surface area contributed by atoms with Crippen molar-refractivity contribution in [3.63, 3.8) is 0 Å². The molecule has 2 aromatic rings. The van der Waals surface area contributed by atoms with Gasteiger partial charge in [-0.15, -0.1) is 0 Å². The fraction of sp³-hybridized carbons (Fsp3) is 0.294. The quantitative estimate of drug-likeness (QED) is 0.870. The third-order valence-corrected chi connectivity index (χ3v) is 4.00. The minimum absolute atomic E-state index is 0.0775. The lowest BCUT2D eigenvalue weighted by molar-refractivity contribution is 0.109. The van der Waals surface area contributed by atoms with Gasteiger partial charge < -0.3 is 5.11 Å². The van der Waals surface area contributed by atoms with Crippen LogP contribution < -0.4 is 0 Å². The summed E-state index contributed by atoms with van der Waals surface area (Å²) >= 11 is 0. The molecule has 1 atom stereocenters. The van der Waals surface area contributed by atoms with Gasteiger partial charge >= 0.3 is 0 Å². The molecule has 0 amide bonds. The minimum atomic E-state index is -0.729. The Morgan fingerprint density at radius 3 is 2.37 bits per heavy atom. The smallest absolute Gasteiger partial charge is 0.129 e. The second-order valence-electron chi connectivity index (χ2n) is 5.41. The van der Waals surface area contributed by atoms with Crippen LogP contribution in [-0.4, -0.2) is 5.11 Å². The van der Waals surface area contributed by atoms with Crippen LogP contribution in [0.4, 0.5) is 4.39 Å². The summed E-state index contributed by atoms with van der Waals surface area (Å²) in [7, 11) is 0. The van der Waals surface area contributed by atoms with Crippen LogP contribution >= 0.6 is 0 Å². The topological polar surface area (TPSA) is 20.2 Å². The van der Waals surface area contributed by atoms with E-state index in [1.54, 1.807) is 12.1 Å². The SMILES string of the molecule is Cc1ccc(F)c(C(O)C2Cc3ccccc3C2)c1. The average Bonchev–Trinajstić information content (AvgIpc) is 2.84. The lowest BCUT2D eigenvalue weighted by atomic mass is 9.92. The van der Waals surface area contributed by atoms with Gasteiger partial charge in [-0.25, -0.2) is 4.39 Å². The molecule has 0 aromatic heterocycles. The highest BCUT2D eigenvalue weighted by atomic mass is 19.1. The number of rotatable bonds is 2. The average molecular weight is 256 g/mol. The first-order valence-electron chi connectivity index (χ1n) is 6.66. The molecule has 1 nitrogen and oxygen atoms in total. The zero-order chi connectivity index (χ0) is 13.4. The van der Waals surface area contributed by atoms with E-state index < -0.39 is 6.10 Å². The van der Waals surface area contributed by atoms with Crippen LogP contribution in [0.2, 0.25) is 0 Å². The van der Waals surface area contributed by atoms with Crippen LogP contribution in [0.3, 0.4) is 0 Å². The predicted octanol–water partition coefficient (Wildman–Crippen LogP) is 3.58. The van der Waals surface area contributed by atoms with E-state index in [9.17, 15) is 9.50 Å². The van der Waals surface area contributed by atoms with Gasteiger partial charge in [-0.3, -0.25) is 0 Å². The van der Waals surface area contributed by atoms with E-state index in [0.29, 0.717) is 5.56 Å². The summed E-state index contributed by atoms with van der Waals surface area (Å²) < 4.78 is 13.8. The lowest BCUT2D eigenvalue weighted by Gasteiger charge is -2.19.